The van der Waals surface area contributed by atoms with Crippen molar-refractivity contribution in [3.05, 3.63) is 58.4 Å². The van der Waals surface area contributed by atoms with Crippen molar-refractivity contribution in [2.75, 3.05) is 11.1 Å². The Labute approximate surface area is 115 Å². The molecule has 19 heavy (non-hydrogen) atoms. The van der Waals surface area contributed by atoms with Gasteiger partial charge in [0.15, 0.2) is 0 Å². The number of hydrogen-bond acceptors (Lipinski definition) is 2. The minimum atomic E-state index is -0.560. The fourth-order valence-electron chi connectivity index (χ4n) is 1.65. The molecule has 0 aromatic heterocycles. The summed E-state index contributed by atoms with van der Waals surface area (Å²) in [7, 11) is 0. The molecule has 98 valence electrons. The maximum atomic E-state index is 13.8. The van der Waals surface area contributed by atoms with Crippen molar-refractivity contribution in [1.29, 1.82) is 0 Å². The number of carbonyl (C=O) groups is 1. The first-order valence-corrected chi connectivity index (χ1v) is 5.98. The van der Waals surface area contributed by atoms with Gasteiger partial charge in [-0.1, -0.05) is 23.7 Å². The number of carbonyl (C=O) groups excluding carboxylic acids is 1. The van der Waals surface area contributed by atoms with Crippen molar-refractivity contribution < 1.29 is 9.18 Å². The number of benzene rings is 2. The van der Waals surface area contributed by atoms with E-state index in [2.05, 4.69) is 5.32 Å². The third-order valence-corrected chi connectivity index (χ3v) is 2.94. The van der Waals surface area contributed by atoms with Gasteiger partial charge in [-0.25, -0.2) is 4.39 Å². The van der Waals surface area contributed by atoms with Gasteiger partial charge in [0.2, 0.25) is 0 Å². The minimum absolute atomic E-state index is 0.0284. The smallest absolute Gasteiger partial charge is 0.258 e. The Morgan fingerprint density at radius 2 is 2.05 bits per heavy atom. The summed E-state index contributed by atoms with van der Waals surface area (Å²) in [5.41, 5.74) is 6.82. The molecule has 0 fully saturated rings. The molecule has 5 heteroatoms. The van der Waals surface area contributed by atoms with Gasteiger partial charge in [0.25, 0.3) is 5.91 Å². The lowest BCUT2D eigenvalue weighted by molar-refractivity contribution is 0.102. The van der Waals surface area contributed by atoms with Gasteiger partial charge in [0.1, 0.15) is 5.82 Å². The summed E-state index contributed by atoms with van der Waals surface area (Å²) < 4.78 is 13.8. The molecular formula is C14H12ClFN2O. The number of aryl methyl sites for hydroxylation is 1. The van der Waals surface area contributed by atoms with Crippen LogP contribution in [0, 0.1) is 12.7 Å². The lowest BCUT2D eigenvalue weighted by Gasteiger charge is -2.10. The molecule has 2 aromatic rings. The van der Waals surface area contributed by atoms with Crippen molar-refractivity contribution in [3.63, 3.8) is 0 Å². The molecule has 2 rings (SSSR count). The predicted octanol–water partition coefficient (Wildman–Crippen LogP) is 3.62. The van der Waals surface area contributed by atoms with Crippen LogP contribution in [0.3, 0.4) is 0 Å². The van der Waals surface area contributed by atoms with Crippen LogP contribution in [0.4, 0.5) is 15.8 Å². The molecule has 0 bridgehead atoms. The van der Waals surface area contributed by atoms with Crippen molar-refractivity contribution in [3.8, 4) is 0 Å². The summed E-state index contributed by atoms with van der Waals surface area (Å²) in [5, 5.41) is 2.99. The molecule has 3 nitrogen and oxygen atoms in total. The van der Waals surface area contributed by atoms with Gasteiger partial charge in [0.05, 0.1) is 16.9 Å². The summed E-state index contributed by atoms with van der Waals surface area (Å²) >= 11 is 5.82. The van der Waals surface area contributed by atoms with Crippen molar-refractivity contribution in [1.82, 2.24) is 0 Å². The topological polar surface area (TPSA) is 55.1 Å². The van der Waals surface area contributed by atoms with E-state index in [0.29, 0.717) is 22.0 Å². The molecule has 3 N–H and O–H groups in total. The van der Waals surface area contributed by atoms with Gasteiger partial charge in [-0.3, -0.25) is 4.79 Å². The standard InChI is InChI=1S/C14H12ClFN2O/c1-8-3-2-4-10(13(8)16)14(19)18-12-7-9(15)5-6-11(12)17/h2-7H,17H2,1H3,(H,18,19). The molecule has 0 saturated heterocycles. The lowest BCUT2D eigenvalue weighted by Crippen LogP contribution is -2.15. The molecule has 0 aliphatic rings. The monoisotopic (exact) mass is 278 g/mol. The van der Waals surface area contributed by atoms with Gasteiger partial charge in [-0.15, -0.1) is 0 Å². The third kappa shape index (κ3) is 2.85. The van der Waals surface area contributed by atoms with Crippen molar-refractivity contribution >= 4 is 28.9 Å². The van der Waals surface area contributed by atoms with Crippen LogP contribution in [-0.4, -0.2) is 5.91 Å². The minimum Gasteiger partial charge on any atom is -0.397 e. The molecule has 1 amide bonds. The van der Waals surface area contributed by atoms with Crippen LogP contribution in [0.25, 0.3) is 0 Å². The molecule has 0 aliphatic carbocycles. The van der Waals surface area contributed by atoms with Crippen LogP contribution in [0.1, 0.15) is 15.9 Å². The summed E-state index contributed by atoms with van der Waals surface area (Å²) in [4.78, 5) is 12.0. The Morgan fingerprint density at radius 1 is 1.32 bits per heavy atom. The number of rotatable bonds is 2. The number of halogens is 2. The lowest BCUT2D eigenvalue weighted by atomic mass is 10.1. The van der Waals surface area contributed by atoms with E-state index >= 15 is 0 Å². The second-order valence-electron chi connectivity index (χ2n) is 4.12. The number of amides is 1. The number of hydrogen-bond donors (Lipinski definition) is 2. The molecular weight excluding hydrogens is 267 g/mol. The van der Waals surface area contributed by atoms with Crippen LogP contribution >= 0.6 is 11.6 Å². The van der Waals surface area contributed by atoms with Crippen molar-refractivity contribution in [2.45, 2.75) is 6.92 Å². The number of anilines is 2. The Hall–Kier alpha value is -2.07. The number of nitrogens with two attached hydrogens (primary N) is 1. The highest BCUT2D eigenvalue weighted by molar-refractivity contribution is 6.31. The average Bonchev–Trinajstić information content (AvgIpc) is 2.37. The second-order valence-corrected chi connectivity index (χ2v) is 4.56. The van der Waals surface area contributed by atoms with Gasteiger partial charge in [0, 0.05) is 5.02 Å². The summed E-state index contributed by atoms with van der Waals surface area (Å²) in [5.74, 6) is -1.10. The first-order valence-electron chi connectivity index (χ1n) is 5.60. The highest BCUT2D eigenvalue weighted by Gasteiger charge is 2.14. The zero-order valence-electron chi connectivity index (χ0n) is 10.2. The number of nitrogens with one attached hydrogen (secondary N) is 1. The summed E-state index contributed by atoms with van der Waals surface area (Å²) in [6.07, 6.45) is 0. The maximum Gasteiger partial charge on any atom is 0.258 e. The Kier molecular flexibility index (Phi) is 3.71. The normalized spacial score (nSPS) is 10.3. The fourth-order valence-corrected chi connectivity index (χ4v) is 1.82. The highest BCUT2D eigenvalue weighted by Crippen LogP contribution is 2.24. The molecule has 0 radical (unpaired) electrons. The van der Waals surface area contributed by atoms with E-state index in [9.17, 15) is 9.18 Å². The Balaban J connectivity index is 2.31. The second kappa shape index (κ2) is 5.28. The van der Waals surface area contributed by atoms with Crippen molar-refractivity contribution in [2.24, 2.45) is 0 Å². The van der Waals surface area contributed by atoms with E-state index in [1.54, 1.807) is 31.2 Å². The Morgan fingerprint density at radius 3 is 2.79 bits per heavy atom. The van der Waals surface area contributed by atoms with E-state index in [-0.39, 0.29) is 5.56 Å². The molecule has 2 aromatic carbocycles. The Bertz CT molecular complexity index is 643. The molecule has 0 saturated carbocycles. The SMILES string of the molecule is Cc1cccc(C(=O)Nc2cc(Cl)ccc2N)c1F. The first kappa shape index (κ1) is 13.4. The van der Waals surface area contributed by atoms with Crippen LogP contribution in [0.15, 0.2) is 36.4 Å². The maximum absolute atomic E-state index is 13.8. The van der Waals surface area contributed by atoms with E-state index in [4.69, 9.17) is 17.3 Å². The molecule has 0 atom stereocenters. The van der Waals surface area contributed by atoms with E-state index < -0.39 is 11.7 Å². The largest absolute Gasteiger partial charge is 0.397 e. The molecule has 0 unspecified atom stereocenters. The summed E-state index contributed by atoms with van der Waals surface area (Å²) in [6, 6.07) is 9.33. The fraction of sp³-hybridized carbons (Fsp3) is 0.0714. The van der Waals surface area contributed by atoms with Crippen LogP contribution < -0.4 is 11.1 Å². The molecule has 0 spiro atoms. The highest BCUT2D eigenvalue weighted by atomic mass is 35.5. The summed E-state index contributed by atoms with van der Waals surface area (Å²) in [6.45, 7) is 1.60. The third-order valence-electron chi connectivity index (χ3n) is 2.70. The zero-order valence-corrected chi connectivity index (χ0v) is 11.0. The van der Waals surface area contributed by atoms with Gasteiger partial charge < -0.3 is 11.1 Å². The van der Waals surface area contributed by atoms with Crippen LogP contribution in [0.5, 0.6) is 0 Å². The average molecular weight is 279 g/mol. The predicted molar refractivity (Wildman–Crippen MR) is 75.0 cm³/mol. The van der Waals surface area contributed by atoms with Gasteiger partial charge >= 0.3 is 0 Å². The van der Waals surface area contributed by atoms with Gasteiger partial charge in [-0.2, -0.15) is 0 Å². The zero-order chi connectivity index (χ0) is 14.0. The first-order chi connectivity index (χ1) is 8.99. The molecule has 0 aliphatic heterocycles. The number of nitrogen functional groups attached to an aromatic ring is 1. The quantitative estimate of drug-likeness (QED) is 0.824. The van der Waals surface area contributed by atoms with E-state index in [1.807, 2.05) is 0 Å². The van der Waals surface area contributed by atoms with Crippen LogP contribution in [-0.2, 0) is 0 Å². The molecule has 0 heterocycles. The van der Waals surface area contributed by atoms with Gasteiger partial charge in [-0.05, 0) is 36.8 Å². The van der Waals surface area contributed by atoms with E-state index in [1.165, 1.54) is 12.1 Å². The van der Waals surface area contributed by atoms with E-state index in [0.717, 1.165) is 0 Å². The van der Waals surface area contributed by atoms with Crippen LogP contribution in [0.2, 0.25) is 5.02 Å².